The van der Waals surface area contributed by atoms with Crippen LogP contribution in [0.3, 0.4) is 0 Å². The van der Waals surface area contributed by atoms with Crippen LogP contribution in [0, 0.1) is 10.1 Å². The van der Waals surface area contributed by atoms with Crippen LogP contribution < -0.4 is 5.32 Å². The molecule has 19 heavy (non-hydrogen) atoms. The van der Waals surface area contributed by atoms with Crippen LogP contribution >= 0.6 is 11.8 Å². The average molecular weight is 279 g/mol. The number of nitro groups is 1. The normalized spacial score (nSPS) is 19.5. The van der Waals surface area contributed by atoms with Gasteiger partial charge in [0.1, 0.15) is 10.7 Å². The van der Waals surface area contributed by atoms with E-state index in [9.17, 15) is 14.9 Å². The van der Waals surface area contributed by atoms with Crippen molar-refractivity contribution < 1.29 is 14.1 Å². The highest BCUT2D eigenvalue weighted by molar-refractivity contribution is 8.18. The Morgan fingerprint density at radius 1 is 1.53 bits per heavy atom. The second kappa shape index (κ2) is 5.53. The summed E-state index contributed by atoms with van der Waals surface area (Å²) in [6.07, 6.45) is 4.71. The van der Waals surface area contributed by atoms with Gasteiger partial charge in [0.05, 0.1) is 11.0 Å². The standard InChI is InChI=1S/C11H9N3O4S/c1-12-11-13-10(15)8(19-11)4-2-3-7-5-6-9(18-7)14(16)17/h2-6H,1H3,(H,12,13,15)/b3-2+,8-4+. The van der Waals surface area contributed by atoms with Gasteiger partial charge in [-0.3, -0.25) is 19.9 Å². The molecule has 0 radical (unpaired) electrons. The van der Waals surface area contributed by atoms with Crippen LogP contribution in [0.2, 0.25) is 0 Å². The molecule has 1 saturated heterocycles. The molecule has 1 aromatic heterocycles. The first-order chi connectivity index (χ1) is 9.10. The second-order valence-electron chi connectivity index (χ2n) is 3.41. The van der Waals surface area contributed by atoms with E-state index in [1.807, 2.05) is 0 Å². The zero-order valence-corrected chi connectivity index (χ0v) is 10.6. The molecule has 0 saturated carbocycles. The van der Waals surface area contributed by atoms with Crippen LogP contribution in [0.1, 0.15) is 5.76 Å². The molecule has 1 amide bonds. The summed E-state index contributed by atoms with van der Waals surface area (Å²) in [7, 11) is 1.59. The molecule has 0 atom stereocenters. The lowest BCUT2D eigenvalue weighted by molar-refractivity contribution is -0.402. The van der Waals surface area contributed by atoms with Crippen molar-refractivity contribution in [1.29, 1.82) is 0 Å². The minimum absolute atomic E-state index is 0.222. The lowest BCUT2D eigenvalue weighted by atomic mass is 10.3. The van der Waals surface area contributed by atoms with E-state index in [0.29, 0.717) is 15.8 Å². The van der Waals surface area contributed by atoms with Gasteiger partial charge in [-0.25, -0.2) is 0 Å². The number of allylic oxidation sites excluding steroid dienone is 2. The summed E-state index contributed by atoms with van der Waals surface area (Å²) >= 11 is 1.22. The van der Waals surface area contributed by atoms with Gasteiger partial charge in [0.2, 0.25) is 0 Å². The number of amides is 1. The molecule has 1 aliphatic heterocycles. The molecule has 2 heterocycles. The SMILES string of the molecule is CN=C1NC(=O)/C(=C\C=C\c2ccc([N+](=O)[O-])o2)S1. The largest absolute Gasteiger partial charge is 0.433 e. The molecule has 98 valence electrons. The van der Waals surface area contributed by atoms with E-state index >= 15 is 0 Å². The van der Waals surface area contributed by atoms with Gasteiger partial charge in [-0.2, -0.15) is 0 Å². The average Bonchev–Trinajstić information content (AvgIpc) is 2.97. The van der Waals surface area contributed by atoms with Gasteiger partial charge in [0.15, 0.2) is 5.17 Å². The fourth-order valence-electron chi connectivity index (χ4n) is 1.31. The number of nitrogens with one attached hydrogen (secondary N) is 1. The zero-order valence-electron chi connectivity index (χ0n) is 9.82. The number of hydrogen-bond donors (Lipinski definition) is 1. The van der Waals surface area contributed by atoms with E-state index in [2.05, 4.69) is 10.3 Å². The number of thioether (sulfide) groups is 1. The third-order valence-electron chi connectivity index (χ3n) is 2.15. The molecule has 8 heteroatoms. The highest BCUT2D eigenvalue weighted by Gasteiger charge is 2.22. The Kier molecular flexibility index (Phi) is 3.81. The van der Waals surface area contributed by atoms with Gasteiger partial charge in [-0.1, -0.05) is 6.08 Å². The van der Waals surface area contributed by atoms with Gasteiger partial charge in [-0.05, 0) is 30.0 Å². The van der Waals surface area contributed by atoms with Crippen molar-refractivity contribution in [3.8, 4) is 0 Å². The minimum Gasteiger partial charge on any atom is -0.401 e. The summed E-state index contributed by atoms with van der Waals surface area (Å²) in [4.78, 5) is 25.6. The van der Waals surface area contributed by atoms with E-state index < -0.39 is 4.92 Å². The number of nitrogens with zero attached hydrogens (tertiary/aromatic N) is 2. The third kappa shape index (κ3) is 3.10. The van der Waals surface area contributed by atoms with Crippen molar-refractivity contribution >= 4 is 34.8 Å². The van der Waals surface area contributed by atoms with Crippen LogP contribution in [-0.2, 0) is 4.79 Å². The minimum atomic E-state index is -0.611. The summed E-state index contributed by atoms with van der Waals surface area (Å²) < 4.78 is 4.93. The van der Waals surface area contributed by atoms with Crippen molar-refractivity contribution in [2.24, 2.45) is 4.99 Å². The van der Waals surface area contributed by atoms with Crippen LogP contribution in [0.4, 0.5) is 5.88 Å². The molecule has 2 rings (SSSR count). The van der Waals surface area contributed by atoms with E-state index in [0.717, 1.165) is 0 Å². The van der Waals surface area contributed by atoms with Gasteiger partial charge in [-0.15, -0.1) is 0 Å². The van der Waals surface area contributed by atoms with Crippen molar-refractivity contribution in [3.63, 3.8) is 0 Å². The molecule has 0 aliphatic carbocycles. The summed E-state index contributed by atoms with van der Waals surface area (Å²) in [6, 6.07) is 2.75. The predicted octanol–water partition coefficient (Wildman–Crippen LogP) is 1.93. The molecule has 7 nitrogen and oxygen atoms in total. The third-order valence-corrected chi connectivity index (χ3v) is 3.17. The molecular weight excluding hydrogens is 270 g/mol. The van der Waals surface area contributed by atoms with Crippen molar-refractivity contribution in [2.45, 2.75) is 0 Å². The van der Waals surface area contributed by atoms with Gasteiger partial charge < -0.3 is 9.73 Å². The van der Waals surface area contributed by atoms with Crippen molar-refractivity contribution in [3.05, 3.63) is 45.1 Å². The predicted molar refractivity (Wildman–Crippen MR) is 71.6 cm³/mol. The van der Waals surface area contributed by atoms with Gasteiger partial charge >= 0.3 is 5.88 Å². The molecule has 0 aromatic carbocycles. The van der Waals surface area contributed by atoms with Gasteiger partial charge in [0, 0.05) is 7.05 Å². The Morgan fingerprint density at radius 3 is 2.89 bits per heavy atom. The van der Waals surface area contributed by atoms with Crippen LogP contribution in [0.15, 0.2) is 38.6 Å². The lowest BCUT2D eigenvalue weighted by Crippen LogP contribution is -2.19. The molecule has 0 bridgehead atoms. The van der Waals surface area contributed by atoms with Crippen LogP contribution in [-0.4, -0.2) is 23.0 Å². The Hall–Kier alpha value is -2.35. The quantitative estimate of drug-likeness (QED) is 0.518. The number of aliphatic imine (C=N–C) groups is 1. The van der Waals surface area contributed by atoms with Crippen LogP contribution in [0.25, 0.3) is 6.08 Å². The Balaban J connectivity index is 2.07. The molecule has 0 unspecified atom stereocenters. The van der Waals surface area contributed by atoms with Crippen molar-refractivity contribution in [1.82, 2.24) is 5.32 Å². The summed E-state index contributed by atoms with van der Waals surface area (Å²) in [5, 5.41) is 13.5. The number of carbonyl (C=O) groups is 1. The van der Waals surface area contributed by atoms with Crippen molar-refractivity contribution in [2.75, 3.05) is 7.05 Å². The highest BCUT2D eigenvalue weighted by Crippen LogP contribution is 2.23. The maximum atomic E-state index is 11.5. The molecular formula is C11H9N3O4S. The molecule has 1 aromatic rings. The maximum Gasteiger partial charge on any atom is 0.433 e. The molecule has 0 spiro atoms. The first-order valence-electron chi connectivity index (χ1n) is 5.18. The number of carbonyl (C=O) groups excluding carboxylic acids is 1. The first kappa shape index (κ1) is 13.1. The summed E-state index contributed by atoms with van der Waals surface area (Å²) in [5.74, 6) is -0.197. The van der Waals surface area contributed by atoms with E-state index in [-0.39, 0.29) is 11.8 Å². The Morgan fingerprint density at radius 2 is 2.32 bits per heavy atom. The topological polar surface area (TPSA) is 97.7 Å². The van der Waals surface area contributed by atoms with Crippen LogP contribution in [0.5, 0.6) is 0 Å². The Labute approximate surface area is 112 Å². The molecule has 1 fully saturated rings. The number of furan rings is 1. The number of amidine groups is 1. The molecule has 1 N–H and O–H groups in total. The van der Waals surface area contributed by atoms with E-state index in [4.69, 9.17) is 4.42 Å². The van der Waals surface area contributed by atoms with E-state index in [1.54, 1.807) is 19.2 Å². The number of hydrogen-bond acceptors (Lipinski definition) is 6. The fraction of sp³-hybridized carbons (Fsp3) is 0.0909. The fourth-order valence-corrected chi connectivity index (χ4v) is 2.04. The van der Waals surface area contributed by atoms with E-state index in [1.165, 1.54) is 30.0 Å². The maximum absolute atomic E-state index is 11.5. The lowest BCUT2D eigenvalue weighted by Gasteiger charge is -1.86. The summed E-state index contributed by atoms with van der Waals surface area (Å²) in [5.41, 5.74) is 0. The zero-order chi connectivity index (χ0) is 13.8. The Bertz CT molecular complexity index is 615. The first-order valence-corrected chi connectivity index (χ1v) is 6.00. The second-order valence-corrected chi connectivity index (χ2v) is 4.44. The smallest absolute Gasteiger partial charge is 0.401 e. The number of rotatable bonds is 3. The summed E-state index contributed by atoms with van der Waals surface area (Å²) in [6.45, 7) is 0. The molecule has 1 aliphatic rings. The monoisotopic (exact) mass is 279 g/mol. The highest BCUT2D eigenvalue weighted by atomic mass is 32.2. The van der Waals surface area contributed by atoms with Gasteiger partial charge in [0.25, 0.3) is 5.91 Å².